The minimum Gasteiger partial charge on any atom is -0.463 e. The molecule has 2 aromatic rings. The van der Waals surface area contributed by atoms with Crippen LogP contribution in [0.5, 0.6) is 0 Å². The van der Waals surface area contributed by atoms with Gasteiger partial charge in [0.25, 0.3) is 11.8 Å². The summed E-state index contributed by atoms with van der Waals surface area (Å²) in [6.45, 7) is 1.81. The fourth-order valence-corrected chi connectivity index (χ4v) is 2.58. The molecule has 1 atom stereocenters. The van der Waals surface area contributed by atoms with Crippen molar-refractivity contribution < 1.29 is 19.1 Å². The lowest BCUT2D eigenvalue weighted by Crippen LogP contribution is -2.50. The first-order valence-electron chi connectivity index (χ1n) is 7.58. The molecule has 0 aliphatic carbocycles. The summed E-state index contributed by atoms with van der Waals surface area (Å²) in [6.07, 6.45) is -1.22. The number of hydrogen-bond acceptors (Lipinski definition) is 5. The van der Waals surface area contributed by atoms with Crippen molar-refractivity contribution >= 4 is 23.5 Å². The second kappa shape index (κ2) is 6.54. The van der Waals surface area contributed by atoms with E-state index in [4.69, 9.17) is 4.74 Å². The van der Waals surface area contributed by atoms with Crippen LogP contribution < -0.4 is 5.32 Å². The number of carbonyl (C=O) groups is 3. The van der Waals surface area contributed by atoms with Crippen molar-refractivity contribution in [3.05, 3.63) is 65.7 Å². The zero-order valence-corrected chi connectivity index (χ0v) is 13.1. The Morgan fingerprint density at radius 1 is 1.00 bits per heavy atom. The number of anilines is 1. The van der Waals surface area contributed by atoms with Crippen LogP contribution in [-0.2, 0) is 9.53 Å². The lowest BCUT2D eigenvalue weighted by Gasteiger charge is -2.26. The van der Waals surface area contributed by atoms with Gasteiger partial charge in [0.15, 0.2) is 0 Å². The van der Waals surface area contributed by atoms with Crippen LogP contribution in [0, 0.1) is 0 Å². The normalized spacial score (nSPS) is 14.3. The highest BCUT2D eigenvalue weighted by atomic mass is 16.5. The van der Waals surface area contributed by atoms with Gasteiger partial charge in [-0.3, -0.25) is 9.59 Å². The van der Waals surface area contributed by atoms with Gasteiger partial charge in [-0.05, 0) is 31.2 Å². The highest BCUT2D eigenvalue weighted by molar-refractivity contribution is 6.22. The summed E-state index contributed by atoms with van der Waals surface area (Å²) in [5.74, 6) is -1.72. The molecule has 6 heteroatoms. The smallest absolute Gasteiger partial charge is 0.350 e. The summed E-state index contributed by atoms with van der Waals surface area (Å²) in [4.78, 5) is 38.5. The summed E-state index contributed by atoms with van der Waals surface area (Å²) >= 11 is 0. The monoisotopic (exact) mass is 324 g/mol. The number of amides is 2. The first-order chi connectivity index (χ1) is 11.6. The highest BCUT2D eigenvalue weighted by Crippen LogP contribution is 2.25. The van der Waals surface area contributed by atoms with E-state index in [0.717, 1.165) is 4.90 Å². The Morgan fingerprint density at radius 2 is 1.54 bits per heavy atom. The summed E-state index contributed by atoms with van der Waals surface area (Å²) in [5.41, 5.74) is 1.17. The predicted molar refractivity (Wildman–Crippen MR) is 87.4 cm³/mol. The molecule has 6 nitrogen and oxygen atoms in total. The zero-order valence-electron chi connectivity index (χ0n) is 13.1. The molecule has 122 valence electrons. The summed E-state index contributed by atoms with van der Waals surface area (Å²) in [6, 6.07) is 15.4. The summed E-state index contributed by atoms with van der Waals surface area (Å²) in [5, 5.41) is 2.91. The molecule has 1 aliphatic rings. The molecule has 0 saturated heterocycles. The lowest BCUT2D eigenvalue weighted by atomic mass is 10.1. The average molecular weight is 324 g/mol. The Bertz CT molecular complexity index is 754. The highest BCUT2D eigenvalue weighted by Gasteiger charge is 2.43. The van der Waals surface area contributed by atoms with E-state index in [1.807, 2.05) is 6.07 Å². The van der Waals surface area contributed by atoms with E-state index in [9.17, 15) is 14.4 Å². The SMILES string of the molecule is CCOC(=O)C(Nc1ccccc1)N1C(=O)c2ccccc2C1=O. The summed E-state index contributed by atoms with van der Waals surface area (Å²) in [7, 11) is 0. The van der Waals surface area contributed by atoms with E-state index >= 15 is 0 Å². The predicted octanol–water partition coefficient (Wildman–Crippen LogP) is 2.28. The molecule has 0 bridgehead atoms. The van der Waals surface area contributed by atoms with E-state index in [2.05, 4.69) is 5.32 Å². The molecular formula is C18H16N2O4. The van der Waals surface area contributed by atoms with Crippen molar-refractivity contribution in [2.24, 2.45) is 0 Å². The Labute approximate surface area is 139 Å². The third kappa shape index (κ3) is 2.74. The lowest BCUT2D eigenvalue weighted by molar-refractivity contribution is -0.146. The van der Waals surface area contributed by atoms with Gasteiger partial charge in [-0.15, -0.1) is 0 Å². The number of nitrogens with one attached hydrogen (secondary N) is 1. The van der Waals surface area contributed by atoms with Gasteiger partial charge in [-0.1, -0.05) is 30.3 Å². The molecule has 1 heterocycles. The molecule has 0 saturated carbocycles. The van der Waals surface area contributed by atoms with Gasteiger partial charge in [0.1, 0.15) is 0 Å². The van der Waals surface area contributed by atoms with Gasteiger partial charge in [0, 0.05) is 5.69 Å². The fourth-order valence-electron chi connectivity index (χ4n) is 2.58. The van der Waals surface area contributed by atoms with E-state index in [0.29, 0.717) is 5.69 Å². The molecule has 0 fully saturated rings. The van der Waals surface area contributed by atoms with Crippen molar-refractivity contribution in [1.82, 2.24) is 4.90 Å². The number of para-hydroxylation sites is 1. The minimum atomic E-state index is -1.22. The molecule has 3 rings (SSSR count). The van der Waals surface area contributed by atoms with E-state index in [-0.39, 0.29) is 17.7 Å². The van der Waals surface area contributed by atoms with Crippen LogP contribution in [0.4, 0.5) is 5.69 Å². The standard InChI is InChI=1S/C18H16N2O4/c1-2-24-18(23)15(19-12-8-4-3-5-9-12)20-16(21)13-10-6-7-11-14(13)17(20)22/h3-11,15,19H,2H2,1H3. The average Bonchev–Trinajstić information content (AvgIpc) is 2.86. The van der Waals surface area contributed by atoms with Crippen LogP contribution in [0.2, 0.25) is 0 Å². The third-order valence-electron chi connectivity index (χ3n) is 3.67. The topological polar surface area (TPSA) is 75.7 Å². The van der Waals surface area contributed by atoms with Crippen LogP contribution in [-0.4, -0.2) is 35.5 Å². The molecule has 24 heavy (non-hydrogen) atoms. The molecular weight excluding hydrogens is 308 g/mol. The number of benzene rings is 2. The van der Waals surface area contributed by atoms with Crippen LogP contribution in [0.3, 0.4) is 0 Å². The number of ether oxygens (including phenoxy) is 1. The first kappa shape index (κ1) is 15.7. The van der Waals surface area contributed by atoms with Gasteiger partial charge < -0.3 is 10.1 Å². The molecule has 1 N–H and O–H groups in total. The molecule has 0 aromatic heterocycles. The van der Waals surface area contributed by atoms with Crippen molar-refractivity contribution in [3.63, 3.8) is 0 Å². The summed E-state index contributed by atoms with van der Waals surface area (Å²) < 4.78 is 5.04. The van der Waals surface area contributed by atoms with Crippen molar-refractivity contribution in [2.75, 3.05) is 11.9 Å². The van der Waals surface area contributed by atoms with Crippen LogP contribution in [0.15, 0.2) is 54.6 Å². The molecule has 2 aromatic carbocycles. The van der Waals surface area contributed by atoms with Gasteiger partial charge in [-0.2, -0.15) is 0 Å². The quantitative estimate of drug-likeness (QED) is 0.674. The molecule has 0 radical (unpaired) electrons. The number of fused-ring (bicyclic) bond motifs is 1. The van der Waals surface area contributed by atoms with Crippen molar-refractivity contribution in [3.8, 4) is 0 Å². The van der Waals surface area contributed by atoms with Gasteiger partial charge in [-0.25, -0.2) is 9.69 Å². The number of carbonyl (C=O) groups excluding carboxylic acids is 3. The Kier molecular flexibility index (Phi) is 4.29. The zero-order chi connectivity index (χ0) is 17.1. The van der Waals surface area contributed by atoms with E-state index in [1.165, 1.54) is 0 Å². The fraction of sp³-hybridized carbons (Fsp3) is 0.167. The Hall–Kier alpha value is -3.15. The van der Waals surface area contributed by atoms with Gasteiger partial charge >= 0.3 is 5.97 Å². The number of imide groups is 1. The molecule has 1 aliphatic heterocycles. The van der Waals surface area contributed by atoms with Crippen LogP contribution in [0.25, 0.3) is 0 Å². The maximum atomic E-state index is 12.6. The largest absolute Gasteiger partial charge is 0.463 e. The third-order valence-corrected chi connectivity index (χ3v) is 3.67. The van der Waals surface area contributed by atoms with Gasteiger partial charge in [0.05, 0.1) is 17.7 Å². The Morgan fingerprint density at radius 3 is 2.08 bits per heavy atom. The Balaban J connectivity index is 1.96. The first-order valence-corrected chi connectivity index (χ1v) is 7.58. The number of hydrogen-bond donors (Lipinski definition) is 1. The number of nitrogens with zero attached hydrogens (tertiary/aromatic N) is 1. The van der Waals surface area contributed by atoms with E-state index in [1.54, 1.807) is 55.5 Å². The van der Waals surface area contributed by atoms with E-state index < -0.39 is 23.9 Å². The van der Waals surface area contributed by atoms with Crippen LogP contribution in [0.1, 0.15) is 27.6 Å². The van der Waals surface area contributed by atoms with Gasteiger partial charge in [0.2, 0.25) is 6.17 Å². The molecule has 0 spiro atoms. The molecule has 2 amide bonds. The van der Waals surface area contributed by atoms with Crippen LogP contribution >= 0.6 is 0 Å². The van der Waals surface area contributed by atoms with Crippen molar-refractivity contribution in [1.29, 1.82) is 0 Å². The second-order valence-electron chi connectivity index (χ2n) is 5.19. The number of rotatable bonds is 5. The maximum Gasteiger partial charge on any atom is 0.350 e. The number of esters is 1. The minimum absolute atomic E-state index is 0.148. The van der Waals surface area contributed by atoms with Crippen molar-refractivity contribution in [2.45, 2.75) is 13.1 Å². The second-order valence-corrected chi connectivity index (χ2v) is 5.19. The molecule has 1 unspecified atom stereocenters. The maximum absolute atomic E-state index is 12.6.